The van der Waals surface area contributed by atoms with Crippen LogP contribution in [0, 0.1) is 5.41 Å². The van der Waals surface area contributed by atoms with Crippen molar-refractivity contribution in [3.63, 3.8) is 0 Å². The summed E-state index contributed by atoms with van der Waals surface area (Å²) in [5, 5.41) is 11.8. The predicted molar refractivity (Wildman–Crippen MR) is 143 cm³/mol. The van der Waals surface area contributed by atoms with Crippen molar-refractivity contribution >= 4 is 17.5 Å². The molecule has 0 fully saturated rings. The minimum absolute atomic E-state index is 0.00410. The molecule has 17 heteroatoms. The molecule has 0 saturated heterocycles. The first-order chi connectivity index (χ1) is 20.6. The second-order valence-corrected chi connectivity index (χ2v) is 11.6. The van der Waals surface area contributed by atoms with Crippen LogP contribution < -0.4 is 14.5 Å². The number of fused-ring (bicyclic) bond motifs is 1. The van der Waals surface area contributed by atoms with Gasteiger partial charge < -0.3 is 14.5 Å². The summed E-state index contributed by atoms with van der Waals surface area (Å²) in [6, 6.07) is 2.82. The van der Waals surface area contributed by atoms with Crippen LogP contribution in [0.2, 0.25) is 0 Å². The summed E-state index contributed by atoms with van der Waals surface area (Å²) >= 11 is 0. The second kappa shape index (κ2) is 11.7. The fourth-order valence-corrected chi connectivity index (χ4v) is 5.20. The molecule has 3 aromatic rings. The summed E-state index contributed by atoms with van der Waals surface area (Å²) in [6.07, 6.45) is -15.0. The van der Waals surface area contributed by atoms with E-state index in [1.54, 1.807) is 27.7 Å². The number of amides is 1. The second-order valence-electron chi connectivity index (χ2n) is 11.6. The van der Waals surface area contributed by atoms with Crippen molar-refractivity contribution in [2.45, 2.75) is 77.9 Å². The quantitative estimate of drug-likeness (QED) is 0.258. The number of hydrogen-bond donors (Lipinski definition) is 0. The van der Waals surface area contributed by atoms with E-state index >= 15 is 0 Å². The van der Waals surface area contributed by atoms with Crippen LogP contribution in [-0.2, 0) is 30.7 Å². The number of aryl methyl sites for hydroxylation is 1. The summed E-state index contributed by atoms with van der Waals surface area (Å²) < 4.78 is 126. The molecule has 45 heavy (non-hydrogen) atoms. The van der Waals surface area contributed by atoms with Crippen LogP contribution in [0.15, 0.2) is 36.4 Å². The van der Waals surface area contributed by atoms with E-state index in [2.05, 4.69) is 20.1 Å². The highest BCUT2D eigenvalue weighted by Gasteiger charge is 2.43. The maximum absolute atomic E-state index is 13.7. The third-order valence-electron chi connectivity index (χ3n) is 7.17. The van der Waals surface area contributed by atoms with Gasteiger partial charge in [-0.3, -0.25) is 4.79 Å². The lowest BCUT2D eigenvalue weighted by Crippen LogP contribution is -2.51. The molecule has 1 aliphatic rings. The van der Waals surface area contributed by atoms with E-state index in [4.69, 9.17) is 0 Å². The molecule has 1 amide bonds. The van der Waals surface area contributed by atoms with Gasteiger partial charge in [-0.15, -0.1) is 18.3 Å². The van der Waals surface area contributed by atoms with Crippen molar-refractivity contribution in [1.29, 1.82) is 0 Å². The first-order valence-corrected chi connectivity index (χ1v) is 13.6. The molecule has 0 bridgehead atoms. The molecule has 0 aliphatic carbocycles. The van der Waals surface area contributed by atoms with Gasteiger partial charge >= 0.3 is 18.7 Å². The minimum atomic E-state index is -5.12. The van der Waals surface area contributed by atoms with Crippen LogP contribution in [0.3, 0.4) is 0 Å². The number of hydrogen-bond acceptors (Lipinski definition) is 6. The highest BCUT2D eigenvalue weighted by atomic mass is 19.4. The molecule has 2 aromatic carbocycles. The van der Waals surface area contributed by atoms with Gasteiger partial charge in [0.1, 0.15) is 5.75 Å². The molecule has 2 unspecified atom stereocenters. The average Bonchev–Trinajstić information content (AvgIpc) is 3.33. The Hall–Kier alpha value is -4.05. The van der Waals surface area contributed by atoms with Crippen LogP contribution in [0.5, 0.6) is 5.75 Å². The Morgan fingerprint density at radius 3 is 2.02 bits per heavy atom. The largest absolute Gasteiger partial charge is 0.573 e. The monoisotopic (exact) mass is 652 g/mol. The first-order valence-electron chi connectivity index (χ1n) is 13.6. The van der Waals surface area contributed by atoms with Gasteiger partial charge in [0.15, 0.2) is 0 Å². The van der Waals surface area contributed by atoms with Crippen molar-refractivity contribution in [3.05, 3.63) is 58.7 Å². The fourth-order valence-electron chi connectivity index (χ4n) is 5.20. The zero-order valence-electron chi connectivity index (χ0n) is 24.6. The lowest BCUT2D eigenvalue weighted by atomic mass is 9.85. The van der Waals surface area contributed by atoms with Gasteiger partial charge in [0.05, 0.1) is 24.2 Å². The van der Waals surface area contributed by atoms with Gasteiger partial charge in [-0.25, -0.2) is 0 Å². The zero-order chi connectivity index (χ0) is 33.7. The van der Waals surface area contributed by atoms with Crippen LogP contribution in [0.25, 0.3) is 0 Å². The molecule has 0 radical (unpaired) electrons. The third-order valence-corrected chi connectivity index (χ3v) is 7.17. The number of aromatic nitrogens is 4. The number of carbonyl (C=O) groups is 1. The summed E-state index contributed by atoms with van der Waals surface area (Å²) in [6.45, 7) is 6.13. The Kier molecular flexibility index (Phi) is 8.80. The van der Waals surface area contributed by atoms with Crippen molar-refractivity contribution in [2.75, 3.05) is 9.80 Å². The molecule has 0 saturated carbocycles. The Balaban J connectivity index is 1.94. The number of carbonyl (C=O) groups excluding carboxylic acids is 1. The van der Waals surface area contributed by atoms with Gasteiger partial charge in [-0.2, -0.15) is 31.1 Å². The lowest BCUT2D eigenvalue weighted by molar-refractivity contribution is -0.274. The van der Waals surface area contributed by atoms with Gasteiger partial charge in [0.2, 0.25) is 5.91 Å². The van der Waals surface area contributed by atoms with Crippen molar-refractivity contribution in [3.8, 4) is 5.75 Å². The highest BCUT2D eigenvalue weighted by Crippen LogP contribution is 2.46. The Morgan fingerprint density at radius 1 is 0.956 bits per heavy atom. The molecular formula is C28H29F9N6O2. The smallest absolute Gasteiger partial charge is 0.406 e. The zero-order valence-corrected chi connectivity index (χ0v) is 24.6. The van der Waals surface area contributed by atoms with Gasteiger partial charge in [-0.1, -0.05) is 32.8 Å². The van der Waals surface area contributed by atoms with Gasteiger partial charge in [0.25, 0.3) is 5.95 Å². The van der Waals surface area contributed by atoms with E-state index in [1.807, 2.05) is 0 Å². The average molecular weight is 653 g/mol. The predicted octanol–water partition coefficient (Wildman–Crippen LogP) is 7.46. The molecule has 246 valence electrons. The number of nitrogens with zero attached hydrogens (tertiary/aromatic N) is 6. The molecule has 8 nitrogen and oxygen atoms in total. The standard InChI is InChI=1S/C28H29F9N6O2/c1-6-18-12-22(20-13-19(45-28(35,36)37)7-8-21(20)43(18)23(44)25(2,3)4)42(24-38-40-41(5)39-24)14-15-9-16(26(29,30)31)11-17(10-15)27(32,33)34/h7-11,13,18,22H,6,12,14H2,1-5H3. The molecule has 0 spiro atoms. The van der Waals surface area contributed by atoms with E-state index in [-0.39, 0.29) is 35.6 Å². The number of anilines is 2. The molecule has 4 rings (SSSR count). The van der Waals surface area contributed by atoms with E-state index in [0.717, 1.165) is 16.9 Å². The van der Waals surface area contributed by atoms with Crippen LogP contribution in [-0.4, -0.2) is 38.5 Å². The molecule has 0 N–H and O–H groups in total. The minimum Gasteiger partial charge on any atom is -0.406 e. The lowest BCUT2D eigenvalue weighted by Gasteiger charge is -2.46. The molecular weight excluding hydrogens is 623 g/mol. The number of halogens is 9. The van der Waals surface area contributed by atoms with Gasteiger partial charge in [0, 0.05) is 29.3 Å². The Morgan fingerprint density at radius 2 is 1.56 bits per heavy atom. The van der Waals surface area contributed by atoms with E-state index in [0.29, 0.717) is 18.6 Å². The number of rotatable bonds is 6. The van der Waals surface area contributed by atoms with Crippen molar-refractivity contribution < 1.29 is 49.0 Å². The number of benzene rings is 2. The Labute approximate surface area is 251 Å². The normalized spacial score (nSPS) is 17.7. The maximum Gasteiger partial charge on any atom is 0.573 e. The Bertz CT molecular complexity index is 1510. The maximum atomic E-state index is 13.7. The van der Waals surface area contributed by atoms with E-state index in [1.165, 1.54) is 22.9 Å². The summed E-state index contributed by atoms with van der Waals surface area (Å²) in [7, 11) is 1.38. The number of tetrazole rings is 1. The fraction of sp³-hybridized carbons (Fsp3) is 0.500. The number of alkyl halides is 9. The molecule has 2 atom stereocenters. The summed E-state index contributed by atoms with van der Waals surface area (Å²) in [5.74, 6) is -1.21. The first kappa shape index (κ1) is 33.8. The topological polar surface area (TPSA) is 76.4 Å². The van der Waals surface area contributed by atoms with Gasteiger partial charge in [-0.05, 0) is 60.0 Å². The highest BCUT2D eigenvalue weighted by molar-refractivity contribution is 5.99. The van der Waals surface area contributed by atoms with E-state index < -0.39 is 65.2 Å². The van der Waals surface area contributed by atoms with Crippen molar-refractivity contribution in [2.24, 2.45) is 12.5 Å². The number of ether oxygens (including phenoxy) is 1. The molecule has 2 heterocycles. The SMILES string of the molecule is CCC1CC(N(Cc2cc(C(F)(F)F)cc(C(F)(F)F)c2)c2nnn(C)n2)c2cc(OC(F)(F)F)ccc2N1C(=O)C(C)(C)C. The van der Waals surface area contributed by atoms with Crippen molar-refractivity contribution in [1.82, 2.24) is 20.2 Å². The van der Waals surface area contributed by atoms with Crippen LogP contribution >= 0.6 is 0 Å². The summed E-state index contributed by atoms with van der Waals surface area (Å²) in [5.41, 5.74) is -4.14. The van der Waals surface area contributed by atoms with E-state index in [9.17, 15) is 44.3 Å². The molecule has 1 aliphatic heterocycles. The third kappa shape index (κ3) is 7.61. The van der Waals surface area contributed by atoms with Crippen LogP contribution in [0.1, 0.15) is 68.8 Å². The van der Waals surface area contributed by atoms with Crippen LogP contribution in [0.4, 0.5) is 51.1 Å². The molecule has 1 aromatic heterocycles. The summed E-state index contributed by atoms with van der Waals surface area (Å²) in [4.78, 5) is 17.3.